The summed E-state index contributed by atoms with van der Waals surface area (Å²) in [7, 11) is 5.20. The highest BCUT2D eigenvalue weighted by Crippen LogP contribution is 2.19. The van der Waals surface area contributed by atoms with Crippen LogP contribution in [0.5, 0.6) is 5.75 Å². The minimum Gasteiger partial charge on any atom is -0.496 e. The van der Waals surface area contributed by atoms with Gasteiger partial charge in [-0.2, -0.15) is 0 Å². The van der Waals surface area contributed by atoms with Gasteiger partial charge in [-0.3, -0.25) is 4.99 Å². The molecule has 0 saturated heterocycles. The molecule has 0 spiro atoms. The van der Waals surface area contributed by atoms with E-state index in [4.69, 9.17) is 9.47 Å². The molecule has 5 nitrogen and oxygen atoms in total. The summed E-state index contributed by atoms with van der Waals surface area (Å²) in [6.45, 7) is 4.21. The highest BCUT2D eigenvalue weighted by atomic mass is 127. The zero-order valence-electron chi connectivity index (χ0n) is 16.5. The number of guanidine groups is 1. The van der Waals surface area contributed by atoms with Crippen LogP contribution in [-0.2, 0) is 24.3 Å². The van der Waals surface area contributed by atoms with Crippen LogP contribution in [0.25, 0.3) is 0 Å². The monoisotopic (exact) mass is 483 g/mol. The van der Waals surface area contributed by atoms with Crippen molar-refractivity contribution < 1.29 is 9.47 Å². The zero-order valence-corrected chi connectivity index (χ0v) is 18.9. The Labute approximate surface area is 179 Å². The fraction of sp³-hybridized carbons (Fsp3) is 0.381. The molecule has 148 valence electrons. The number of aliphatic imine (C=N–C) groups is 1. The molecule has 0 heterocycles. The molecule has 0 bridgehead atoms. The number of rotatable bonds is 8. The molecule has 2 rings (SSSR count). The highest BCUT2D eigenvalue weighted by molar-refractivity contribution is 14.0. The van der Waals surface area contributed by atoms with Gasteiger partial charge in [-0.25, -0.2) is 0 Å². The van der Waals surface area contributed by atoms with Gasteiger partial charge in [0.1, 0.15) is 5.75 Å². The van der Waals surface area contributed by atoms with E-state index in [1.807, 2.05) is 12.1 Å². The van der Waals surface area contributed by atoms with Crippen LogP contribution in [-0.4, -0.2) is 33.8 Å². The summed E-state index contributed by atoms with van der Waals surface area (Å²) in [5, 5.41) is 6.71. The van der Waals surface area contributed by atoms with Gasteiger partial charge in [0.05, 0.1) is 13.7 Å². The summed E-state index contributed by atoms with van der Waals surface area (Å²) in [6.07, 6.45) is 0.870. The maximum Gasteiger partial charge on any atom is 0.191 e. The largest absolute Gasteiger partial charge is 0.496 e. The second-order valence-corrected chi connectivity index (χ2v) is 6.17. The van der Waals surface area contributed by atoms with Crippen LogP contribution in [0.3, 0.4) is 0 Å². The first-order valence-corrected chi connectivity index (χ1v) is 8.81. The molecule has 0 saturated carbocycles. The second-order valence-electron chi connectivity index (χ2n) is 6.17. The Bertz CT molecular complexity index is 735. The van der Waals surface area contributed by atoms with Crippen molar-refractivity contribution in [3.8, 4) is 5.75 Å². The molecule has 0 fully saturated rings. The second kappa shape index (κ2) is 12.6. The summed E-state index contributed by atoms with van der Waals surface area (Å²) in [4.78, 5) is 4.29. The van der Waals surface area contributed by atoms with Gasteiger partial charge in [-0.1, -0.05) is 42.0 Å². The molecule has 2 aromatic carbocycles. The van der Waals surface area contributed by atoms with Crippen molar-refractivity contribution in [3.05, 3.63) is 64.7 Å². The average molecular weight is 483 g/mol. The molecule has 0 radical (unpaired) electrons. The molecule has 0 aliphatic heterocycles. The average Bonchev–Trinajstić information content (AvgIpc) is 2.65. The Hall–Kier alpha value is -1.80. The summed E-state index contributed by atoms with van der Waals surface area (Å²) < 4.78 is 10.6. The lowest BCUT2D eigenvalue weighted by molar-refractivity contribution is 0.185. The van der Waals surface area contributed by atoms with Crippen molar-refractivity contribution in [2.24, 2.45) is 4.99 Å². The van der Waals surface area contributed by atoms with Gasteiger partial charge in [0.25, 0.3) is 0 Å². The summed E-state index contributed by atoms with van der Waals surface area (Å²) in [5.74, 6) is 1.71. The number of nitrogens with one attached hydrogen (secondary N) is 2. The van der Waals surface area contributed by atoms with E-state index in [-0.39, 0.29) is 24.0 Å². The number of methoxy groups -OCH3 is 2. The van der Waals surface area contributed by atoms with E-state index in [2.05, 4.69) is 52.9 Å². The maximum atomic E-state index is 5.44. The Morgan fingerprint density at radius 3 is 2.52 bits per heavy atom. The third kappa shape index (κ3) is 7.76. The van der Waals surface area contributed by atoms with Gasteiger partial charge in [0.2, 0.25) is 0 Å². The van der Waals surface area contributed by atoms with Gasteiger partial charge in [0.15, 0.2) is 5.96 Å². The first-order valence-electron chi connectivity index (χ1n) is 8.81. The van der Waals surface area contributed by atoms with E-state index < -0.39 is 0 Å². The third-order valence-corrected chi connectivity index (χ3v) is 4.11. The summed E-state index contributed by atoms with van der Waals surface area (Å²) in [5.41, 5.74) is 4.80. The number of benzene rings is 2. The predicted molar refractivity (Wildman–Crippen MR) is 122 cm³/mol. The molecule has 0 aliphatic rings. The van der Waals surface area contributed by atoms with E-state index in [1.54, 1.807) is 21.3 Å². The third-order valence-electron chi connectivity index (χ3n) is 4.11. The fourth-order valence-electron chi connectivity index (χ4n) is 2.82. The Morgan fingerprint density at radius 1 is 1.04 bits per heavy atom. The number of aryl methyl sites for hydroxylation is 1. The van der Waals surface area contributed by atoms with Crippen LogP contribution in [0.4, 0.5) is 0 Å². The smallest absolute Gasteiger partial charge is 0.191 e. The number of nitrogens with zero attached hydrogens (tertiary/aromatic N) is 1. The van der Waals surface area contributed by atoms with Gasteiger partial charge < -0.3 is 20.1 Å². The van der Waals surface area contributed by atoms with E-state index in [0.29, 0.717) is 13.2 Å². The zero-order chi connectivity index (χ0) is 18.8. The van der Waals surface area contributed by atoms with Gasteiger partial charge in [-0.05, 0) is 36.1 Å². The first-order chi connectivity index (χ1) is 12.7. The number of hydrogen-bond donors (Lipinski definition) is 2. The van der Waals surface area contributed by atoms with Gasteiger partial charge >= 0.3 is 0 Å². The van der Waals surface area contributed by atoms with E-state index in [1.165, 1.54) is 22.3 Å². The number of halogens is 1. The van der Waals surface area contributed by atoms with Crippen LogP contribution in [0.2, 0.25) is 0 Å². The lowest BCUT2D eigenvalue weighted by atomic mass is 10.1. The van der Waals surface area contributed by atoms with Crippen LogP contribution in [0.15, 0.2) is 47.5 Å². The molecule has 6 heteroatoms. The lowest BCUT2D eigenvalue weighted by Gasteiger charge is -2.14. The molecular weight excluding hydrogens is 453 g/mol. The topological polar surface area (TPSA) is 54.9 Å². The van der Waals surface area contributed by atoms with Crippen molar-refractivity contribution in [1.29, 1.82) is 0 Å². The number of hydrogen-bond acceptors (Lipinski definition) is 3. The van der Waals surface area contributed by atoms with Crippen molar-refractivity contribution >= 4 is 29.9 Å². The molecular formula is C21H30IN3O2. The van der Waals surface area contributed by atoms with Crippen molar-refractivity contribution in [1.82, 2.24) is 10.6 Å². The molecule has 2 aromatic rings. The van der Waals surface area contributed by atoms with E-state index in [0.717, 1.165) is 24.7 Å². The van der Waals surface area contributed by atoms with Crippen molar-refractivity contribution in [3.63, 3.8) is 0 Å². The minimum atomic E-state index is 0. The Kier molecular flexibility index (Phi) is 10.8. The molecule has 27 heavy (non-hydrogen) atoms. The quantitative estimate of drug-likeness (QED) is 0.342. The SMILES string of the molecule is CN=C(NCCc1cc(C)ccc1OC)NCc1cccc(COC)c1.I. The Morgan fingerprint density at radius 2 is 1.81 bits per heavy atom. The normalized spacial score (nSPS) is 10.9. The molecule has 0 unspecified atom stereocenters. The summed E-state index contributed by atoms with van der Waals surface area (Å²) >= 11 is 0. The van der Waals surface area contributed by atoms with Crippen molar-refractivity contribution in [2.45, 2.75) is 26.5 Å². The van der Waals surface area contributed by atoms with Crippen LogP contribution < -0.4 is 15.4 Å². The molecule has 0 atom stereocenters. The molecule has 0 aromatic heterocycles. The van der Waals surface area contributed by atoms with E-state index in [9.17, 15) is 0 Å². The molecule has 0 amide bonds. The fourth-order valence-corrected chi connectivity index (χ4v) is 2.82. The van der Waals surface area contributed by atoms with Gasteiger partial charge in [0, 0.05) is 27.2 Å². The van der Waals surface area contributed by atoms with E-state index >= 15 is 0 Å². The molecule has 0 aliphatic carbocycles. The predicted octanol–water partition coefficient (Wildman–Crippen LogP) is 3.68. The lowest BCUT2D eigenvalue weighted by Crippen LogP contribution is -2.37. The van der Waals surface area contributed by atoms with Crippen molar-refractivity contribution in [2.75, 3.05) is 27.8 Å². The summed E-state index contributed by atoms with van der Waals surface area (Å²) in [6, 6.07) is 14.6. The standard InChI is InChI=1S/C21H29N3O2.HI/c1-16-8-9-20(26-4)19(12-16)10-11-23-21(22-2)24-14-17-6-5-7-18(13-17)15-25-3;/h5-9,12-13H,10-11,14-15H2,1-4H3,(H2,22,23,24);1H. The Balaban J connectivity index is 0.00000364. The first kappa shape index (κ1) is 23.2. The van der Waals surface area contributed by atoms with Crippen LogP contribution >= 0.6 is 24.0 Å². The minimum absolute atomic E-state index is 0. The van der Waals surface area contributed by atoms with Crippen LogP contribution in [0, 0.1) is 6.92 Å². The number of ether oxygens (including phenoxy) is 2. The van der Waals surface area contributed by atoms with Crippen LogP contribution in [0.1, 0.15) is 22.3 Å². The maximum absolute atomic E-state index is 5.44. The molecule has 2 N–H and O–H groups in total. The highest BCUT2D eigenvalue weighted by Gasteiger charge is 2.04. The van der Waals surface area contributed by atoms with Gasteiger partial charge in [-0.15, -0.1) is 24.0 Å².